The fourth-order valence-electron chi connectivity index (χ4n) is 1.34. The van der Waals surface area contributed by atoms with Gasteiger partial charge in [0.2, 0.25) is 0 Å². The third-order valence-electron chi connectivity index (χ3n) is 2.10. The molecule has 0 amide bonds. The van der Waals surface area contributed by atoms with E-state index in [9.17, 15) is 8.78 Å². The van der Waals surface area contributed by atoms with Crippen molar-refractivity contribution >= 4 is 5.69 Å². The Morgan fingerprint density at radius 3 is 2.60 bits per heavy atom. The molecule has 2 aromatic rings. The van der Waals surface area contributed by atoms with E-state index in [1.54, 1.807) is 13.2 Å². The summed E-state index contributed by atoms with van der Waals surface area (Å²) in [7, 11) is 1.70. The van der Waals surface area contributed by atoms with Crippen LogP contribution in [-0.2, 0) is 7.05 Å². The van der Waals surface area contributed by atoms with Crippen molar-refractivity contribution in [3.05, 3.63) is 36.2 Å². The second-order valence-electron chi connectivity index (χ2n) is 3.26. The Morgan fingerprint density at radius 2 is 2.00 bits per heavy atom. The lowest BCUT2D eigenvalue weighted by Crippen LogP contribution is -1.94. The molecule has 0 unspecified atom stereocenters. The van der Waals surface area contributed by atoms with Gasteiger partial charge in [-0.1, -0.05) is 0 Å². The molecule has 1 aromatic heterocycles. The maximum absolute atomic E-state index is 13.4. The van der Waals surface area contributed by atoms with Crippen LogP contribution in [0.5, 0.6) is 0 Å². The van der Waals surface area contributed by atoms with Crippen molar-refractivity contribution in [1.82, 2.24) is 9.78 Å². The van der Waals surface area contributed by atoms with Gasteiger partial charge >= 0.3 is 0 Å². The highest BCUT2D eigenvalue weighted by molar-refractivity contribution is 5.65. The summed E-state index contributed by atoms with van der Waals surface area (Å²) in [6.45, 7) is 0. The zero-order chi connectivity index (χ0) is 11.0. The van der Waals surface area contributed by atoms with Crippen LogP contribution in [0, 0.1) is 11.6 Å². The second-order valence-corrected chi connectivity index (χ2v) is 3.26. The van der Waals surface area contributed by atoms with E-state index >= 15 is 0 Å². The van der Waals surface area contributed by atoms with Crippen LogP contribution < -0.4 is 5.73 Å². The molecule has 0 fully saturated rings. The zero-order valence-electron chi connectivity index (χ0n) is 8.04. The van der Waals surface area contributed by atoms with Gasteiger partial charge < -0.3 is 5.73 Å². The van der Waals surface area contributed by atoms with Crippen LogP contribution in [0.25, 0.3) is 11.1 Å². The van der Waals surface area contributed by atoms with Crippen molar-refractivity contribution < 1.29 is 8.78 Å². The molecule has 0 aliphatic carbocycles. The van der Waals surface area contributed by atoms with Gasteiger partial charge in [-0.3, -0.25) is 4.68 Å². The number of nitrogens with two attached hydrogens (primary N) is 1. The Balaban J connectivity index is 2.58. The Hall–Kier alpha value is -1.91. The van der Waals surface area contributed by atoms with Gasteiger partial charge in [0.05, 0.1) is 11.9 Å². The van der Waals surface area contributed by atoms with E-state index in [4.69, 9.17) is 5.73 Å². The smallest absolute Gasteiger partial charge is 0.146 e. The quantitative estimate of drug-likeness (QED) is 0.729. The highest BCUT2D eigenvalue weighted by atomic mass is 19.1. The second kappa shape index (κ2) is 3.34. The van der Waals surface area contributed by atoms with Gasteiger partial charge in [0.1, 0.15) is 11.6 Å². The average Bonchev–Trinajstić information content (AvgIpc) is 2.58. The number of benzene rings is 1. The predicted molar refractivity (Wildman–Crippen MR) is 53.0 cm³/mol. The minimum Gasteiger partial charge on any atom is -0.396 e. The minimum absolute atomic E-state index is 0.162. The van der Waals surface area contributed by atoms with E-state index < -0.39 is 11.6 Å². The van der Waals surface area contributed by atoms with Crippen LogP contribution in [0.15, 0.2) is 24.5 Å². The van der Waals surface area contributed by atoms with Crippen LogP contribution in [0.4, 0.5) is 14.5 Å². The van der Waals surface area contributed by atoms with Crippen LogP contribution in [-0.4, -0.2) is 9.78 Å². The standard InChI is InChI=1S/C10H9F2N3/c1-15-5-6(4-14-15)7-2-9(12)10(13)3-8(7)11/h2-5H,13H2,1H3. The number of rotatable bonds is 1. The summed E-state index contributed by atoms with van der Waals surface area (Å²) in [6, 6.07) is 2.04. The third-order valence-corrected chi connectivity index (χ3v) is 2.10. The fourth-order valence-corrected chi connectivity index (χ4v) is 1.34. The molecule has 2 N–H and O–H groups in total. The van der Waals surface area contributed by atoms with E-state index in [2.05, 4.69) is 5.10 Å². The molecular formula is C10H9F2N3. The lowest BCUT2D eigenvalue weighted by atomic mass is 10.1. The summed E-state index contributed by atoms with van der Waals surface area (Å²) in [6.07, 6.45) is 3.07. The summed E-state index contributed by atoms with van der Waals surface area (Å²) < 4.78 is 28.1. The molecule has 0 saturated carbocycles. The largest absolute Gasteiger partial charge is 0.396 e. The van der Waals surface area contributed by atoms with Crippen LogP contribution in [0.3, 0.4) is 0 Å². The predicted octanol–water partition coefficient (Wildman–Crippen LogP) is 1.95. The summed E-state index contributed by atoms with van der Waals surface area (Å²) in [5, 5.41) is 3.88. The number of nitrogens with zero attached hydrogens (tertiary/aromatic N) is 2. The van der Waals surface area contributed by atoms with Crippen LogP contribution in [0.2, 0.25) is 0 Å². The van der Waals surface area contributed by atoms with Gasteiger partial charge in [-0.25, -0.2) is 8.78 Å². The molecule has 0 atom stereocenters. The normalized spacial score (nSPS) is 10.6. The topological polar surface area (TPSA) is 43.8 Å². The molecule has 3 nitrogen and oxygen atoms in total. The molecule has 0 radical (unpaired) electrons. The number of hydrogen-bond donors (Lipinski definition) is 1. The fraction of sp³-hybridized carbons (Fsp3) is 0.100. The van der Waals surface area contributed by atoms with E-state index in [1.807, 2.05) is 0 Å². The number of aromatic nitrogens is 2. The van der Waals surface area contributed by atoms with E-state index in [0.29, 0.717) is 5.56 Å². The Labute approximate surface area is 85.1 Å². The van der Waals surface area contributed by atoms with Crippen molar-refractivity contribution in [2.75, 3.05) is 5.73 Å². The average molecular weight is 209 g/mol. The third kappa shape index (κ3) is 1.68. The maximum atomic E-state index is 13.4. The lowest BCUT2D eigenvalue weighted by molar-refractivity contribution is 0.607. The molecule has 78 valence electrons. The molecule has 5 heteroatoms. The van der Waals surface area contributed by atoms with Gasteiger partial charge in [-0.2, -0.15) is 5.10 Å². The highest BCUT2D eigenvalue weighted by Gasteiger charge is 2.10. The zero-order valence-corrected chi connectivity index (χ0v) is 8.04. The van der Waals surface area contributed by atoms with Gasteiger partial charge in [-0.15, -0.1) is 0 Å². The molecule has 0 saturated heterocycles. The van der Waals surface area contributed by atoms with Gasteiger partial charge in [-0.05, 0) is 6.07 Å². The van der Waals surface area contributed by atoms with E-state index in [0.717, 1.165) is 12.1 Å². The Kier molecular flexibility index (Phi) is 2.15. The first kappa shape index (κ1) is 9.64. The van der Waals surface area contributed by atoms with Crippen molar-refractivity contribution in [1.29, 1.82) is 0 Å². The molecule has 0 bridgehead atoms. The molecular weight excluding hydrogens is 200 g/mol. The van der Waals surface area contributed by atoms with Gasteiger partial charge in [0.25, 0.3) is 0 Å². The van der Waals surface area contributed by atoms with Crippen LogP contribution >= 0.6 is 0 Å². The summed E-state index contributed by atoms with van der Waals surface area (Å²) >= 11 is 0. The van der Waals surface area contributed by atoms with Crippen molar-refractivity contribution in [2.45, 2.75) is 0 Å². The molecule has 0 aliphatic rings. The Morgan fingerprint density at radius 1 is 1.27 bits per heavy atom. The van der Waals surface area contributed by atoms with Gasteiger partial charge in [0, 0.05) is 30.4 Å². The minimum atomic E-state index is -0.629. The molecule has 1 aromatic carbocycles. The number of aryl methyl sites for hydroxylation is 1. The first-order valence-electron chi connectivity index (χ1n) is 4.31. The number of nitrogen functional groups attached to an aromatic ring is 1. The first-order valence-corrected chi connectivity index (χ1v) is 4.31. The molecule has 1 heterocycles. The molecule has 2 rings (SSSR count). The summed E-state index contributed by atoms with van der Waals surface area (Å²) in [4.78, 5) is 0. The molecule has 0 spiro atoms. The van der Waals surface area contributed by atoms with Crippen molar-refractivity contribution in [3.63, 3.8) is 0 Å². The number of anilines is 1. The molecule has 0 aliphatic heterocycles. The lowest BCUT2D eigenvalue weighted by Gasteiger charge is -2.02. The summed E-state index contributed by atoms with van der Waals surface area (Å²) in [5.74, 6) is -1.18. The molecule has 15 heavy (non-hydrogen) atoms. The van der Waals surface area contributed by atoms with E-state index in [1.165, 1.54) is 10.9 Å². The number of halogens is 2. The highest BCUT2D eigenvalue weighted by Crippen LogP contribution is 2.25. The first-order chi connectivity index (χ1) is 7.08. The van der Waals surface area contributed by atoms with Crippen molar-refractivity contribution in [2.24, 2.45) is 7.05 Å². The summed E-state index contributed by atoms with van der Waals surface area (Å²) in [5.41, 5.74) is 5.73. The Bertz CT molecular complexity index is 505. The number of hydrogen-bond acceptors (Lipinski definition) is 2. The maximum Gasteiger partial charge on any atom is 0.146 e. The van der Waals surface area contributed by atoms with Crippen molar-refractivity contribution in [3.8, 4) is 11.1 Å². The SMILES string of the molecule is Cn1cc(-c2cc(F)c(N)cc2F)cn1. The monoisotopic (exact) mass is 209 g/mol. The van der Waals surface area contributed by atoms with Gasteiger partial charge in [0.15, 0.2) is 0 Å². The van der Waals surface area contributed by atoms with Crippen LogP contribution in [0.1, 0.15) is 0 Å². The van der Waals surface area contributed by atoms with E-state index in [-0.39, 0.29) is 11.3 Å².